The van der Waals surface area contributed by atoms with Gasteiger partial charge in [-0.2, -0.15) is 6.29 Å². The Morgan fingerprint density at radius 2 is 0.457 bits per heavy atom. The first-order valence-corrected chi connectivity index (χ1v) is 35.3. The SMILES string of the molecule is O=[C-]C(F)(F)F.[Ir+3].[O]=[Ag].[c-]1ccccc1-c1ccc(CCc2cc(CCc3ccc(-c4[c-]cccc4)nc3)cc(CCc3ccc(-c4[c-]cccc4)nc3)c2)cn1.c1ccc(-c2ccc(CCc3cc(CCc4ccc(-c5ccccc5)nc4)cc(CCc4ccc(-c5ccccc5)nc4)c3)cn2)cc1. The molecule has 13 heteroatoms. The van der Waals surface area contributed by atoms with Crippen molar-refractivity contribution in [1.29, 1.82) is 0 Å². The minimum Gasteiger partial charge on any atom is -0.304 e. The predicted octanol–water partition coefficient (Wildman–Crippen LogP) is 20.4. The molecule has 0 aliphatic carbocycles. The molecule has 0 aliphatic heterocycles. The molecular formula is C92H75AgF3IrN6O2-. The number of aromatic nitrogens is 6. The fourth-order valence-corrected chi connectivity index (χ4v) is 12.2. The monoisotopic (exact) mass is 1650 g/mol. The number of aryl methyl sites for hydroxylation is 12. The third-order valence-electron chi connectivity index (χ3n) is 17.7. The van der Waals surface area contributed by atoms with Gasteiger partial charge in [0, 0.05) is 53.9 Å². The summed E-state index contributed by atoms with van der Waals surface area (Å²) < 4.78 is 39.1. The molecule has 105 heavy (non-hydrogen) atoms. The number of halogens is 3. The standard InChI is InChI=1S/C45H39N3.C45H36N3.C2F3O.Ag.Ir.O/c2*1-4-10-40(11-5-1)43-25-22-34(31-46-43)16-19-37-28-38(20-17-35-23-26-44(47-32-35)41-12-6-2-7-13-41)30-39(29-37)21-18-36-24-27-45(48-33-36)42-14-8-3-9-15-42;3-2(4,5)1-6;;;/h1-15,22-33H,16-21H2;1-10,12,14,22-33H,16-21H2;;;;/q;-3;-1;;+3;. The second-order valence-corrected chi connectivity index (χ2v) is 25.2. The fraction of sp³-hybridized carbons (Fsp3) is 0.141. The van der Waals surface area contributed by atoms with Crippen molar-refractivity contribution in [2.45, 2.75) is 83.2 Å². The molecule has 0 unspecified atom stereocenters. The molecule has 0 saturated heterocycles. The molecule has 0 fully saturated rings. The summed E-state index contributed by atoms with van der Waals surface area (Å²) in [5.41, 5.74) is 28.2. The van der Waals surface area contributed by atoms with E-state index in [-0.39, 0.29) is 26.4 Å². The summed E-state index contributed by atoms with van der Waals surface area (Å²) in [6.07, 6.45) is 18.8. The predicted molar refractivity (Wildman–Crippen MR) is 404 cm³/mol. The van der Waals surface area contributed by atoms with Gasteiger partial charge in [0.25, 0.3) is 6.18 Å². The molecule has 0 radical (unpaired) electrons. The topological polar surface area (TPSA) is 111 Å². The normalized spacial score (nSPS) is 10.8. The van der Waals surface area contributed by atoms with Gasteiger partial charge in [0.15, 0.2) is 0 Å². The van der Waals surface area contributed by atoms with Crippen LogP contribution in [0.1, 0.15) is 66.8 Å². The Hall–Kier alpha value is -10.7. The molecule has 8 nitrogen and oxygen atoms in total. The number of nitrogens with zero attached hydrogens (tertiary/aromatic N) is 6. The van der Waals surface area contributed by atoms with Crippen LogP contribution in [0.4, 0.5) is 13.2 Å². The molecular weight excluding hydrogens is 1580 g/mol. The average molecular weight is 1650 g/mol. The molecule has 6 heterocycles. The molecule has 0 atom stereocenters. The van der Waals surface area contributed by atoms with Crippen LogP contribution in [0.5, 0.6) is 0 Å². The van der Waals surface area contributed by atoms with Crippen molar-refractivity contribution >= 4 is 6.29 Å². The van der Waals surface area contributed by atoms with Crippen molar-refractivity contribution in [3.05, 3.63) is 395 Å². The largest absolute Gasteiger partial charge is 0.304 e. The summed E-state index contributed by atoms with van der Waals surface area (Å²) in [6.45, 7) is 0. The molecule has 6 aromatic heterocycles. The van der Waals surface area contributed by atoms with E-state index in [9.17, 15) is 13.2 Å². The minimum atomic E-state index is -4.76. The average Bonchev–Trinajstić information content (AvgIpc) is 0.856. The Morgan fingerprint density at radius 1 is 0.267 bits per heavy atom. The summed E-state index contributed by atoms with van der Waals surface area (Å²) in [5.74, 6) is 0. The van der Waals surface area contributed by atoms with Crippen molar-refractivity contribution in [1.82, 2.24) is 29.9 Å². The summed E-state index contributed by atoms with van der Waals surface area (Å²) in [5, 5.41) is 0. The summed E-state index contributed by atoms with van der Waals surface area (Å²) in [4.78, 5) is 37.0. The van der Waals surface area contributed by atoms with E-state index in [4.69, 9.17) is 37.9 Å². The Morgan fingerprint density at radius 3 is 0.629 bits per heavy atom. The molecule has 0 amide bonds. The van der Waals surface area contributed by atoms with E-state index in [0.29, 0.717) is 0 Å². The van der Waals surface area contributed by atoms with Crippen LogP contribution in [-0.2, 0) is 126 Å². The first-order chi connectivity index (χ1) is 51.1. The molecule has 0 aliphatic rings. The number of rotatable bonds is 24. The van der Waals surface area contributed by atoms with Crippen molar-refractivity contribution in [3.8, 4) is 67.5 Å². The zero-order chi connectivity index (χ0) is 72.0. The maximum absolute atomic E-state index is 10.4. The first kappa shape index (κ1) is 76.9. The van der Waals surface area contributed by atoms with Gasteiger partial charge in [-0.1, -0.05) is 182 Å². The minimum absolute atomic E-state index is 0. The molecule has 14 aromatic rings. The van der Waals surface area contributed by atoms with E-state index in [1.807, 2.05) is 128 Å². The third kappa shape index (κ3) is 24.5. The molecule has 14 rings (SSSR count). The van der Waals surface area contributed by atoms with Gasteiger partial charge >= 0.3 is 44.4 Å². The van der Waals surface area contributed by atoms with Gasteiger partial charge in [0.1, 0.15) is 0 Å². The Bertz CT molecular complexity index is 4070. The van der Waals surface area contributed by atoms with Crippen molar-refractivity contribution < 1.29 is 62.4 Å². The van der Waals surface area contributed by atoms with Crippen LogP contribution in [0.3, 0.4) is 0 Å². The summed E-state index contributed by atoms with van der Waals surface area (Å²) >= 11 is 1.70. The summed E-state index contributed by atoms with van der Waals surface area (Å²) in [6, 6.07) is 105. The number of benzene rings is 8. The molecule has 527 valence electrons. The van der Waals surface area contributed by atoms with Crippen LogP contribution in [-0.4, -0.2) is 42.4 Å². The van der Waals surface area contributed by atoms with Crippen LogP contribution in [0.25, 0.3) is 67.5 Å². The van der Waals surface area contributed by atoms with Gasteiger partial charge in [0.05, 0.1) is 17.1 Å². The molecule has 0 N–H and O–H groups in total. The second kappa shape index (κ2) is 40.4. The quantitative estimate of drug-likeness (QED) is 0.0434. The fourth-order valence-electron chi connectivity index (χ4n) is 12.2. The Balaban J connectivity index is 0.000000203. The number of hydrogen-bond acceptors (Lipinski definition) is 8. The second-order valence-electron chi connectivity index (χ2n) is 25.2. The van der Waals surface area contributed by atoms with Crippen LogP contribution >= 0.6 is 0 Å². The zero-order valence-corrected chi connectivity index (χ0v) is 61.6. The van der Waals surface area contributed by atoms with Crippen LogP contribution in [0, 0.1) is 18.2 Å². The Kier molecular flexibility index (Phi) is 29.6. The summed E-state index contributed by atoms with van der Waals surface area (Å²) in [7, 11) is 0. The van der Waals surface area contributed by atoms with Gasteiger partial charge in [0.2, 0.25) is 0 Å². The van der Waals surface area contributed by atoms with Crippen molar-refractivity contribution in [2.24, 2.45) is 0 Å². The Labute approximate surface area is 639 Å². The van der Waals surface area contributed by atoms with Crippen LogP contribution < -0.4 is 0 Å². The van der Waals surface area contributed by atoms with E-state index in [1.165, 1.54) is 66.8 Å². The number of pyridine rings is 6. The smallest absolute Gasteiger partial charge is 0.0702 e. The maximum Gasteiger partial charge on any atom is 0.0702 e. The van der Waals surface area contributed by atoms with E-state index in [0.717, 1.165) is 145 Å². The maximum atomic E-state index is 10.4. The molecule has 8 aromatic carbocycles. The van der Waals surface area contributed by atoms with Gasteiger partial charge in [-0.15, -0.1) is 108 Å². The van der Waals surface area contributed by atoms with Crippen molar-refractivity contribution in [3.63, 3.8) is 0 Å². The van der Waals surface area contributed by atoms with Crippen molar-refractivity contribution in [2.75, 3.05) is 0 Å². The number of hydrogen-bond donors (Lipinski definition) is 0. The third-order valence-corrected chi connectivity index (χ3v) is 17.7. The molecule has 0 saturated carbocycles. The van der Waals surface area contributed by atoms with E-state index < -0.39 is 6.18 Å². The van der Waals surface area contributed by atoms with E-state index in [1.54, 1.807) is 21.0 Å². The zero-order valence-electron chi connectivity index (χ0n) is 57.7. The number of alkyl halides is 3. The number of carbonyl (C=O) groups excluding carboxylic acids is 1. The van der Waals surface area contributed by atoms with Gasteiger partial charge in [-0.3, -0.25) is 15.0 Å². The van der Waals surface area contributed by atoms with Crippen LogP contribution in [0.2, 0.25) is 0 Å². The molecule has 0 spiro atoms. The van der Waals surface area contributed by atoms with Gasteiger partial charge in [-0.25, -0.2) is 13.2 Å². The first-order valence-electron chi connectivity index (χ1n) is 34.7. The van der Waals surface area contributed by atoms with Crippen LogP contribution in [0.15, 0.2) is 310 Å². The van der Waals surface area contributed by atoms with E-state index >= 15 is 0 Å². The van der Waals surface area contributed by atoms with Gasteiger partial charge in [-0.05, 0) is 179 Å². The van der Waals surface area contributed by atoms with Gasteiger partial charge < -0.3 is 19.7 Å². The molecule has 0 bridgehead atoms. The van der Waals surface area contributed by atoms with E-state index in [2.05, 4.69) is 200 Å².